The molecule has 0 fully saturated rings. The zero-order valence-corrected chi connectivity index (χ0v) is 13.3. The van der Waals surface area contributed by atoms with E-state index >= 15 is 0 Å². The molecule has 1 aromatic rings. The lowest BCUT2D eigenvalue weighted by atomic mass is 10.2. The predicted octanol–water partition coefficient (Wildman–Crippen LogP) is 3.20. The topological polar surface area (TPSA) is 64.6 Å². The highest BCUT2D eigenvalue weighted by Crippen LogP contribution is 2.06. The molecule has 5 heteroatoms. The minimum absolute atomic E-state index is 0.250. The number of amides is 1. The van der Waals surface area contributed by atoms with Crippen molar-refractivity contribution in [1.29, 1.82) is 0 Å². The molecule has 5 nitrogen and oxygen atoms in total. The smallest absolute Gasteiger partial charge is 0.407 e. The maximum atomic E-state index is 11.5. The average molecular weight is 305 g/mol. The van der Waals surface area contributed by atoms with E-state index in [-0.39, 0.29) is 6.61 Å². The fourth-order valence-electron chi connectivity index (χ4n) is 1.53. The van der Waals surface area contributed by atoms with Crippen LogP contribution in [0.15, 0.2) is 42.5 Å². The number of esters is 1. The van der Waals surface area contributed by atoms with Gasteiger partial charge in [0.2, 0.25) is 0 Å². The molecule has 0 spiro atoms. The van der Waals surface area contributed by atoms with Crippen molar-refractivity contribution in [2.75, 3.05) is 6.54 Å². The number of carbonyl (C=O) groups excluding carboxylic acids is 2. The van der Waals surface area contributed by atoms with Crippen LogP contribution in [0.5, 0.6) is 0 Å². The van der Waals surface area contributed by atoms with E-state index in [1.165, 1.54) is 6.08 Å². The molecule has 0 saturated carbocycles. The lowest BCUT2D eigenvalue weighted by Crippen LogP contribution is -2.32. The van der Waals surface area contributed by atoms with E-state index in [0.29, 0.717) is 13.0 Å². The highest BCUT2D eigenvalue weighted by Gasteiger charge is 2.15. The van der Waals surface area contributed by atoms with Gasteiger partial charge in [-0.1, -0.05) is 36.4 Å². The molecule has 0 aromatic heterocycles. The number of hydrogen-bond donors (Lipinski definition) is 1. The second-order valence-electron chi connectivity index (χ2n) is 5.71. The van der Waals surface area contributed by atoms with E-state index in [9.17, 15) is 9.59 Å². The van der Waals surface area contributed by atoms with Crippen molar-refractivity contribution in [3.63, 3.8) is 0 Å². The van der Waals surface area contributed by atoms with Crippen LogP contribution in [0.3, 0.4) is 0 Å². The van der Waals surface area contributed by atoms with Gasteiger partial charge in [0.1, 0.15) is 12.2 Å². The molecule has 22 heavy (non-hydrogen) atoms. The lowest BCUT2D eigenvalue weighted by Gasteiger charge is -2.19. The largest absolute Gasteiger partial charge is 0.458 e. The third-order valence-corrected chi connectivity index (χ3v) is 2.46. The Morgan fingerprint density at radius 1 is 1.18 bits per heavy atom. The van der Waals surface area contributed by atoms with Gasteiger partial charge in [-0.3, -0.25) is 0 Å². The van der Waals surface area contributed by atoms with Crippen LogP contribution in [0.25, 0.3) is 0 Å². The minimum atomic E-state index is -0.513. The number of carbonyl (C=O) groups is 2. The standard InChI is InChI=1S/C17H23NO4/c1-17(2,3)22-16(20)18-12-8-7-11-15(19)21-13-14-9-5-4-6-10-14/h4-7,9-11H,8,12-13H2,1-3H3,(H,18,20)/b11-7+. The quantitative estimate of drug-likeness (QED) is 0.498. The SMILES string of the molecule is CC(C)(C)OC(=O)NCC/C=C/C(=O)OCc1ccccc1. The first-order chi connectivity index (χ1) is 10.4. The maximum Gasteiger partial charge on any atom is 0.407 e. The second kappa shape index (κ2) is 8.87. The molecule has 0 bridgehead atoms. The van der Waals surface area contributed by atoms with Crippen LogP contribution in [0.1, 0.15) is 32.8 Å². The van der Waals surface area contributed by atoms with E-state index in [4.69, 9.17) is 9.47 Å². The fraction of sp³-hybridized carbons (Fsp3) is 0.412. The van der Waals surface area contributed by atoms with Crippen LogP contribution in [0.4, 0.5) is 4.79 Å². The highest BCUT2D eigenvalue weighted by atomic mass is 16.6. The molecular formula is C17H23NO4. The molecule has 0 aliphatic carbocycles. The number of hydrogen-bond acceptors (Lipinski definition) is 4. The Kier molecular flexibility index (Phi) is 7.16. The van der Waals surface area contributed by atoms with Crippen LogP contribution >= 0.6 is 0 Å². The first-order valence-electron chi connectivity index (χ1n) is 7.21. The van der Waals surface area contributed by atoms with Crippen LogP contribution < -0.4 is 5.32 Å². The van der Waals surface area contributed by atoms with Gasteiger partial charge in [-0.05, 0) is 32.8 Å². The Morgan fingerprint density at radius 3 is 2.50 bits per heavy atom. The predicted molar refractivity (Wildman–Crippen MR) is 84.2 cm³/mol. The maximum absolute atomic E-state index is 11.5. The Bertz CT molecular complexity index is 503. The van der Waals surface area contributed by atoms with Gasteiger partial charge in [-0.15, -0.1) is 0 Å². The molecule has 0 saturated heterocycles. The molecule has 1 aromatic carbocycles. The summed E-state index contributed by atoms with van der Waals surface area (Å²) in [5, 5.41) is 2.61. The van der Waals surface area contributed by atoms with E-state index in [1.807, 2.05) is 30.3 Å². The Labute approximate surface area is 131 Å². The summed E-state index contributed by atoms with van der Waals surface area (Å²) in [5.41, 5.74) is 0.428. The van der Waals surface area contributed by atoms with Crippen molar-refractivity contribution in [3.8, 4) is 0 Å². The van der Waals surface area contributed by atoms with E-state index < -0.39 is 17.7 Å². The number of alkyl carbamates (subject to hydrolysis) is 1. The molecule has 0 atom stereocenters. The van der Waals surface area contributed by atoms with Gasteiger partial charge in [-0.25, -0.2) is 9.59 Å². The van der Waals surface area contributed by atoms with E-state index in [1.54, 1.807) is 26.8 Å². The first kappa shape index (κ1) is 17.8. The monoisotopic (exact) mass is 305 g/mol. The molecule has 120 valence electrons. The summed E-state index contributed by atoms with van der Waals surface area (Å²) in [6, 6.07) is 9.47. The Hall–Kier alpha value is -2.30. The Morgan fingerprint density at radius 2 is 1.86 bits per heavy atom. The minimum Gasteiger partial charge on any atom is -0.458 e. The summed E-state index contributed by atoms with van der Waals surface area (Å²) in [5.74, 6) is -0.402. The molecule has 1 amide bonds. The van der Waals surface area contributed by atoms with Crippen molar-refractivity contribution in [2.24, 2.45) is 0 Å². The molecule has 0 radical (unpaired) electrons. The van der Waals surface area contributed by atoms with Gasteiger partial charge >= 0.3 is 12.1 Å². The summed E-state index contributed by atoms with van der Waals surface area (Å²) < 4.78 is 10.2. The third-order valence-electron chi connectivity index (χ3n) is 2.46. The zero-order chi connectivity index (χ0) is 16.4. The molecule has 0 unspecified atom stereocenters. The fourth-order valence-corrected chi connectivity index (χ4v) is 1.53. The van der Waals surface area contributed by atoms with Gasteiger partial charge in [0.25, 0.3) is 0 Å². The molecule has 0 aliphatic rings. The van der Waals surface area contributed by atoms with Crippen LogP contribution in [-0.2, 0) is 20.9 Å². The number of nitrogens with one attached hydrogen (secondary N) is 1. The van der Waals surface area contributed by atoms with Gasteiger partial charge in [0, 0.05) is 12.6 Å². The van der Waals surface area contributed by atoms with Crippen molar-refractivity contribution < 1.29 is 19.1 Å². The lowest BCUT2D eigenvalue weighted by molar-refractivity contribution is -0.139. The molecule has 0 aliphatic heterocycles. The van der Waals surface area contributed by atoms with Crippen molar-refractivity contribution >= 4 is 12.1 Å². The number of ether oxygens (including phenoxy) is 2. The van der Waals surface area contributed by atoms with Crippen LogP contribution in [0.2, 0.25) is 0 Å². The van der Waals surface area contributed by atoms with Gasteiger partial charge < -0.3 is 14.8 Å². The van der Waals surface area contributed by atoms with Crippen molar-refractivity contribution in [3.05, 3.63) is 48.0 Å². The van der Waals surface area contributed by atoms with Gasteiger partial charge in [0.05, 0.1) is 0 Å². The van der Waals surface area contributed by atoms with Crippen molar-refractivity contribution in [1.82, 2.24) is 5.32 Å². The van der Waals surface area contributed by atoms with Crippen molar-refractivity contribution in [2.45, 2.75) is 39.4 Å². The first-order valence-corrected chi connectivity index (χ1v) is 7.21. The Balaban J connectivity index is 2.15. The number of rotatable bonds is 6. The van der Waals surface area contributed by atoms with Crippen LogP contribution in [0, 0.1) is 0 Å². The molecule has 0 heterocycles. The number of benzene rings is 1. The summed E-state index contributed by atoms with van der Waals surface area (Å²) in [7, 11) is 0. The summed E-state index contributed by atoms with van der Waals surface area (Å²) in [4.78, 5) is 22.8. The van der Waals surface area contributed by atoms with Gasteiger partial charge in [0.15, 0.2) is 0 Å². The molecule has 1 N–H and O–H groups in total. The second-order valence-corrected chi connectivity index (χ2v) is 5.71. The molecular weight excluding hydrogens is 282 g/mol. The van der Waals surface area contributed by atoms with Crippen LogP contribution in [-0.4, -0.2) is 24.2 Å². The molecule has 1 rings (SSSR count). The zero-order valence-electron chi connectivity index (χ0n) is 13.3. The summed E-state index contributed by atoms with van der Waals surface area (Å²) >= 11 is 0. The highest BCUT2D eigenvalue weighted by molar-refractivity contribution is 5.81. The van der Waals surface area contributed by atoms with Gasteiger partial charge in [-0.2, -0.15) is 0 Å². The van der Waals surface area contributed by atoms with E-state index in [2.05, 4.69) is 5.32 Å². The summed E-state index contributed by atoms with van der Waals surface area (Å²) in [6.07, 6.45) is 3.08. The average Bonchev–Trinajstić information content (AvgIpc) is 2.44. The third kappa shape index (κ3) is 8.79. The normalized spacial score (nSPS) is 11.2. The van der Waals surface area contributed by atoms with E-state index in [0.717, 1.165) is 5.56 Å². The summed E-state index contributed by atoms with van der Waals surface area (Å²) in [6.45, 7) is 6.05.